The topological polar surface area (TPSA) is 42.0 Å². The zero-order valence-corrected chi connectivity index (χ0v) is 12.9. The first-order chi connectivity index (χ1) is 10.2. The highest BCUT2D eigenvalue weighted by Gasteiger charge is 2.18. The van der Waals surface area contributed by atoms with Gasteiger partial charge in [-0.15, -0.1) is 0 Å². The van der Waals surface area contributed by atoms with Gasteiger partial charge in [0.05, 0.1) is 20.8 Å². The molecule has 2 rings (SSSR count). The molecule has 1 aliphatic heterocycles. The lowest BCUT2D eigenvalue weighted by molar-refractivity contribution is -0.141. The maximum atomic E-state index is 11.4. The molecule has 0 aromatic heterocycles. The summed E-state index contributed by atoms with van der Waals surface area (Å²) in [7, 11) is 3.15. The maximum Gasteiger partial charge on any atom is 0.319 e. The summed E-state index contributed by atoms with van der Waals surface area (Å²) in [4.78, 5) is 15.9. The van der Waals surface area contributed by atoms with Crippen LogP contribution in [0, 0.1) is 0 Å². The number of carbonyl (C=O) groups is 1. The molecular formula is C16H24N2O3. The van der Waals surface area contributed by atoms with E-state index in [1.807, 2.05) is 18.2 Å². The second-order valence-corrected chi connectivity index (χ2v) is 5.29. The van der Waals surface area contributed by atoms with Crippen LogP contribution >= 0.6 is 0 Å². The molecule has 0 N–H and O–H groups in total. The zero-order valence-electron chi connectivity index (χ0n) is 12.9. The largest absolute Gasteiger partial charge is 0.496 e. The van der Waals surface area contributed by atoms with Crippen LogP contribution in [0.3, 0.4) is 0 Å². The van der Waals surface area contributed by atoms with E-state index in [9.17, 15) is 4.79 Å². The standard InChI is InChI=1S/C16H24N2O3/c1-20-15-7-4-3-6-14(15)12-17-8-5-9-18(11-10-17)13-16(19)21-2/h3-4,6-7H,5,8-13H2,1-2H3. The molecule has 0 unspecified atom stereocenters. The fraction of sp³-hybridized carbons (Fsp3) is 0.562. The number of hydrogen-bond acceptors (Lipinski definition) is 5. The molecule has 0 aliphatic carbocycles. The monoisotopic (exact) mass is 292 g/mol. The summed E-state index contributed by atoms with van der Waals surface area (Å²) in [6.45, 7) is 5.10. The minimum atomic E-state index is -0.159. The van der Waals surface area contributed by atoms with Crippen LogP contribution in [0.4, 0.5) is 0 Å². The summed E-state index contributed by atoms with van der Waals surface area (Å²) in [5.74, 6) is 0.779. The van der Waals surface area contributed by atoms with Gasteiger partial charge in [-0.1, -0.05) is 18.2 Å². The second-order valence-electron chi connectivity index (χ2n) is 5.29. The smallest absolute Gasteiger partial charge is 0.319 e. The molecule has 1 aliphatic rings. The molecule has 1 fully saturated rings. The highest BCUT2D eigenvalue weighted by Crippen LogP contribution is 2.19. The summed E-state index contributed by atoms with van der Waals surface area (Å²) < 4.78 is 10.1. The number of benzene rings is 1. The molecule has 1 heterocycles. The van der Waals surface area contributed by atoms with Crippen LogP contribution in [0.15, 0.2) is 24.3 Å². The lowest BCUT2D eigenvalue weighted by Gasteiger charge is -2.22. The number of rotatable bonds is 5. The van der Waals surface area contributed by atoms with Crippen molar-refractivity contribution in [3.8, 4) is 5.75 Å². The number of para-hydroxylation sites is 1. The molecule has 1 aromatic carbocycles. The van der Waals surface area contributed by atoms with Gasteiger partial charge in [0.2, 0.25) is 0 Å². The van der Waals surface area contributed by atoms with Crippen molar-refractivity contribution in [2.24, 2.45) is 0 Å². The van der Waals surface area contributed by atoms with E-state index >= 15 is 0 Å². The van der Waals surface area contributed by atoms with Crippen molar-refractivity contribution in [1.82, 2.24) is 9.80 Å². The first kappa shape index (κ1) is 15.8. The van der Waals surface area contributed by atoms with Crippen molar-refractivity contribution in [3.63, 3.8) is 0 Å². The Labute approximate surface area is 126 Å². The zero-order chi connectivity index (χ0) is 15.1. The predicted octanol–water partition coefficient (Wildman–Crippen LogP) is 1.38. The number of methoxy groups -OCH3 is 2. The van der Waals surface area contributed by atoms with Crippen LogP contribution in [0.5, 0.6) is 5.75 Å². The Hall–Kier alpha value is -1.59. The molecule has 5 heteroatoms. The maximum absolute atomic E-state index is 11.4. The molecule has 0 amide bonds. The molecule has 0 radical (unpaired) electrons. The lowest BCUT2D eigenvalue weighted by Crippen LogP contribution is -2.34. The van der Waals surface area contributed by atoms with Crippen molar-refractivity contribution in [3.05, 3.63) is 29.8 Å². The summed E-state index contributed by atoms with van der Waals surface area (Å²) in [5.41, 5.74) is 1.21. The number of nitrogens with zero attached hydrogens (tertiary/aromatic N) is 2. The second kappa shape index (κ2) is 8.00. The molecule has 1 aromatic rings. The average Bonchev–Trinajstić information content (AvgIpc) is 2.73. The predicted molar refractivity (Wildman–Crippen MR) is 81.3 cm³/mol. The Morgan fingerprint density at radius 2 is 1.81 bits per heavy atom. The first-order valence-electron chi connectivity index (χ1n) is 7.36. The Kier molecular flexibility index (Phi) is 6.02. The van der Waals surface area contributed by atoms with Crippen molar-refractivity contribution in [1.29, 1.82) is 0 Å². The molecule has 0 bridgehead atoms. The Bertz CT molecular complexity index is 465. The van der Waals surface area contributed by atoms with Gasteiger partial charge in [0, 0.05) is 31.7 Å². The molecule has 1 saturated heterocycles. The third-order valence-electron chi connectivity index (χ3n) is 3.85. The van der Waals surface area contributed by atoms with Gasteiger partial charge in [-0.05, 0) is 19.0 Å². The molecule has 116 valence electrons. The van der Waals surface area contributed by atoms with Gasteiger partial charge in [-0.3, -0.25) is 14.6 Å². The minimum absolute atomic E-state index is 0.159. The summed E-state index contributed by atoms with van der Waals surface area (Å²) in [5, 5.41) is 0. The van der Waals surface area contributed by atoms with Gasteiger partial charge in [0.1, 0.15) is 5.75 Å². The van der Waals surface area contributed by atoms with E-state index in [4.69, 9.17) is 9.47 Å². The molecule has 21 heavy (non-hydrogen) atoms. The van der Waals surface area contributed by atoms with Crippen LogP contribution in [0.2, 0.25) is 0 Å². The van der Waals surface area contributed by atoms with Crippen molar-refractivity contribution in [2.75, 3.05) is 46.9 Å². The van der Waals surface area contributed by atoms with Gasteiger partial charge >= 0.3 is 5.97 Å². The first-order valence-corrected chi connectivity index (χ1v) is 7.36. The lowest BCUT2D eigenvalue weighted by atomic mass is 10.2. The Balaban J connectivity index is 1.89. The number of esters is 1. The summed E-state index contributed by atoms with van der Waals surface area (Å²) in [6.07, 6.45) is 1.06. The van der Waals surface area contributed by atoms with E-state index < -0.39 is 0 Å². The third-order valence-corrected chi connectivity index (χ3v) is 3.85. The third kappa shape index (κ3) is 4.72. The van der Waals surface area contributed by atoms with E-state index in [1.165, 1.54) is 12.7 Å². The molecule has 0 saturated carbocycles. The Morgan fingerprint density at radius 1 is 1.10 bits per heavy atom. The summed E-state index contributed by atoms with van der Waals surface area (Å²) in [6, 6.07) is 8.13. The van der Waals surface area contributed by atoms with Crippen molar-refractivity contribution >= 4 is 5.97 Å². The van der Waals surface area contributed by atoms with E-state index in [0.29, 0.717) is 6.54 Å². The highest BCUT2D eigenvalue weighted by molar-refractivity contribution is 5.71. The van der Waals surface area contributed by atoms with Gasteiger partial charge in [-0.2, -0.15) is 0 Å². The number of hydrogen-bond donors (Lipinski definition) is 0. The normalized spacial score (nSPS) is 17.2. The van der Waals surface area contributed by atoms with Gasteiger partial charge in [0.15, 0.2) is 0 Å². The highest BCUT2D eigenvalue weighted by atomic mass is 16.5. The average molecular weight is 292 g/mol. The fourth-order valence-corrected chi connectivity index (χ4v) is 2.66. The number of carbonyl (C=O) groups excluding carboxylic acids is 1. The number of ether oxygens (including phenoxy) is 2. The van der Waals surface area contributed by atoms with E-state index in [-0.39, 0.29) is 5.97 Å². The van der Waals surface area contributed by atoms with E-state index in [2.05, 4.69) is 15.9 Å². The van der Waals surface area contributed by atoms with Crippen LogP contribution in [-0.2, 0) is 16.1 Å². The van der Waals surface area contributed by atoms with Gasteiger partial charge in [-0.25, -0.2) is 0 Å². The van der Waals surface area contributed by atoms with E-state index in [0.717, 1.165) is 44.9 Å². The summed E-state index contributed by atoms with van der Waals surface area (Å²) >= 11 is 0. The van der Waals surface area contributed by atoms with Crippen molar-refractivity contribution in [2.45, 2.75) is 13.0 Å². The molecular weight excluding hydrogens is 268 g/mol. The molecule has 0 atom stereocenters. The SMILES string of the molecule is COC(=O)CN1CCCN(Cc2ccccc2OC)CC1. The van der Waals surface area contributed by atoms with Gasteiger partial charge in [0.25, 0.3) is 0 Å². The van der Waals surface area contributed by atoms with Gasteiger partial charge < -0.3 is 9.47 Å². The van der Waals surface area contributed by atoms with Crippen LogP contribution < -0.4 is 4.74 Å². The van der Waals surface area contributed by atoms with Crippen LogP contribution in [0.1, 0.15) is 12.0 Å². The minimum Gasteiger partial charge on any atom is -0.496 e. The van der Waals surface area contributed by atoms with E-state index in [1.54, 1.807) is 7.11 Å². The quantitative estimate of drug-likeness (QED) is 0.767. The molecule has 5 nitrogen and oxygen atoms in total. The van der Waals surface area contributed by atoms with Crippen LogP contribution in [-0.4, -0.2) is 62.7 Å². The van der Waals surface area contributed by atoms with Crippen molar-refractivity contribution < 1.29 is 14.3 Å². The van der Waals surface area contributed by atoms with Crippen LogP contribution in [0.25, 0.3) is 0 Å². The Morgan fingerprint density at radius 3 is 2.57 bits per heavy atom. The molecule has 0 spiro atoms. The fourth-order valence-electron chi connectivity index (χ4n) is 2.66.